The fraction of sp³-hybridized carbons (Fsp3) is 0.350. The van der Waals surface area contributed by atoms with Crippen LogP contribution in [0.15, 0.2) is 36.5 Å². The molecular weight excluding hydrogens is 312 g/mol. The number of hydrogen-bond acceptors (Lipinski definition) is 3. The maximum absolute atomic E-state index is 12.4. The summed E-state index contributed by atoms with van der Waals surface area (Å²) in [5, 5.41) is 11.7. The Morgan fingerprint density at radius 3 is 2.88 bits per heavy atom. The number of amides is 1. The molecule has 0 saturated carbocycles. The van der Waals surface area contributed by atoms with Gasteiger partial charge in [0.15, 0.2) is 11.5 Å². The number of H-pyrrole nitrogens is 1. The molecule has 5 heteroatoms. The van der Waals surface area contributed by atoms with Crippen LogP contribution in [0.3, 0.4) is 0 Å². The van der Waals surface area contributed by atoms with Gasteiger partial charge in [0, 0.05) is 17.4 Å². The van der Waals surface area contributed by atoms with E-state index in [9.17, 15) is 4.79 Å². The zero-order valence-electron chi connectivity index (χ0n) is 14.6. The molecule has 1 aromatic carbocycles. The Morgan fingerprint density at radius 1 is 1.44 bits per heavy atom. The van der Waals surface area contributed by atoms with Crippen molar-refractivity contribution in [2.75, 3.05) is 5.32 Å². The van der Waals surface area contributed by atoms with Gasteiger partial charge in [0.05, 0.1) is 0 Å². The predicted molar refractivity (Wildman–Crippen MR) is 97.9 cm³/mol. The number of hydrogen-bond donors (Lipinski definition) is 2. The quantitative estimate of drug-likeness (QED) is 0.862. The summed E-state index contributed by atoms with van der Waals surface area (Å²) in [6.07, 6.45) is 8.13. The number of allylic oxidation sites excluding steroid dienone is 2. The molecule has 1 aromatic heterocycles. The molecule has 1 aliphatic rings. The molecule has 0 spiro atoms. The van der Waals surface area contributed by atoms with E-state index in [0.717, 1.165) is 30.5 Å². The van der Waals surface area contributed by atoms with E-state index in [-0.39, 0.29) is 17.4 Å². The third-order valence-corrected chi connectivity index (χ3v) is 5.12. The molecule has 0 saturated heterocycles. The van der Waals surface area contributed by atoms with Crippen LogP contribution in [0.1, 0.15) is 61.4 Å². The van der Waals surface area contributed by atoms with E-state index in [0.29, 0.717) is 5.41 Å². The maximum atomic E-state index is 12.4. The number of carbonyl (C=O) groups is 1. The topological polar surface area (TPSA) is 81.6 Å². The zero-order valence-corrected chi connectivity index (χ0v) is 14.6. The average molecular weight is 334 g/mol. The second-order valence-electron chi connectivity index (χ2n) is 6.84. The van der Waals surface area contributed by atoms with Crippen molar-refractivity contribution >= 4 is 17.2 Å². The molecular formula is C20H22N4O. The largest absolute Gasteiger partial charge is 0.339 e. The number of benzene rings is 1. The van der Waals surface area contributed by atoms with Gasteiger partial charge in [-0.2, -0.15) is 5.26 Å². The summed E-state index contributed by atoms with van der Waals surface area (Å²) in [5.74, 6) is -0.203. The molecule has 1 amide bonds. The zero-order chi connectivity index (χ0) is 17.9. The maximum Gasteiger partial charge on any atom is 0.291 e. The molecule has 0 radical (unpaired) electrons. The van der Waals surface area contributed by atoms with Crippen LogP contribution in [0, 0.1) is 16.7 Å². The summed E-state index contributed by atoms with van der Waals surface area (Å²) in [6.45, 7) is 4.57. The van der Waals surface area contributed by atoms with Gasteiger partial charge in [0.25, 0.3) is 5.91 Å². The number of aromatic amines is 1. The Balaban J connectivity index is 1.82. The molecule has 2 N–H and O–H groups in total. The predicted octanol–water partition coefficient (Wildman–Crippen LogP) is 4.52. The number of carbonyl (C=O) groups excluding carboxylic acids is 1. The number of nitriles is 1. The molecule has 5 nitrogen and oxygen atoms in total. The molecule has 0 fully saturated rings. The number of nitrogens with one attached hydrogen (secondary N) is 2. The first-order valence-corrected chi connectivity index (χ1v) is 8.60. The lowest BCUT2D eigenvalue weighted by Gasteiger charge is -2.32. The van der Waals surface area contributed by atoms with Crippen molar-refractivity contribution in [2.24, 2.45) is 5.41 Å². The standard InChI is InChI=1S/C20H22N4O/c1-3-20(2)10-8-14(9-11-20)16-6-4-5-7-17(16)24-19(25)18-22-13-15(12-21)23-18/h4-8,13H,3,9-11H2,1-2H3,(H,22,23)(H,24,25). The van der Waals surface area contributed by atoms with Crippen LogP contribution in [0.5, 0.6) is 0 Å². The first kappa shape index (κ1) is 17.0. The number of para-hydroxylation sites is 1. The lowest BCUT2D eigenvalue weighted by Crippen LogP contribution is -2.18. The van der Waals surface area contributed by atoms with E-state index < -0.39 is 0 Å². The highest BCUT2D eigenvalue weighted by molar-refractivity contribution is 6.03. The van der Waals surface area contributed by atoms with Gasteiger partial charge in [0.2, 0.25) is 0 Å². The average Bonchev–Trinajstić information content (AvgIpc) is 3.12. The first-order chi connectivity index (χ1) is 12.0. The van der Waals surface area contributed by atoms with Crippen molar-refractivity contribution in [2.45, 2.75) is 39.5 Å². The first-order valence-electron chi connectivity index (χ1n) is 8.60. The molecule has 1 heterocycles. The third-order valence-electron chi connectivity index (χ3n) is 5.12. The van der Waals surface area contributed by atoms with Crippen molar-refractivity contribution < 1.29 is 4.79 Å². The van der Waals surface area contributed by atoms with E-state index in [2.05, 4.69) is 35.2 Å². The van der Waals surface area contributed by atoms with Gasteiger partial charge in [-0.1, -0.05) is 44.5 Å². The SMILES string of the molecule is CCC1(C)CC=C(c2ccccc2NC(=O)c2nc(C#N)c[nH]2)CC1. The highest BCUT2D eigenvalue weighted by atomic mass is 16.2. The fourth-order valence-corrected chi connectivity index (χ4v) is 3.12. The molecule has 1 aliphatic carbocycles. The van der Waals surface area contributed by atoms with Gasteiger partial charge < -0.3 is 10.3 Å². The normalized spacial score (nSPS) is 19.8. The summed E-state index contributed by atoms with van der Waals surface area (Å²) >= 11 is 0. The molecule has 0 aliphatic heterocycles. The summed E-state index contributed by atoms with van der Waals surface area (Å²) in [7, 11) is 0. The van der Waals surface area contributed by atoms with Crippen molar-refractivity contribution in [3.63, 3.8) is 0 Å². The Morgan fingerprint density at radius 2 is 2.24 bits per heavy atom. The minimum absolute atomic E-state index is 0.141. The van der Waals surface area contributed by atoms with Crippen LogP contribution < -0.4 is 5.32 Å². The lowest BCUT2D eigenvalue weighted by molar-refractivity contribution is 0.101. The minimum Gasteiger partial charge on any atom is -0.339 e. The van der Waals surface area contributed by atoms with E-state index in [1.165, 1.54) is 18.2 Å². The van der Waals surface area contributed by atoms with Crippen LogP contribution in [0.25, 0.3) is 5.57 Å². The molecule has 128 valence electrons. The summed E-state index contributed by atoms with van der Waals surface area (Å²) in [4.78, 5) is 19.1. The van der Waals surface area contributed by atoms with Crippen molar-refractivity contribution in [3.8, 4) is 6.07 Å². The number of rotatable bonds is 4. The molecule has 1 atom stereocenters. The van der Waals surface area contributed by atoms with Gasteiger partial charge in [-0.3, -0.25) is 4.79 Å². The van der Waals surface area contributed by atoms with Gasteiger partial charge >= 0.3 is 0 Å². The number of aromatic nitrogens is 2. The molecule has 1 unspecified atom stereocenters. The molecule has 0 bridgehead atoms. The van der Waals surface area contributed by atoms with Crippen molar-refractivity contribution in [1.82, 2.24) is 9.97 Å². The summed E-state index contributed by atoms with van der Waals surface area (Å²) in [5.41, 5.74) is 3.69. The second kappa shape index (κ2) is 6.94. The van der Waals surface area contributed by atoms with Crippen molar-refractivity contribution in [1.29, 1.82) is 5.26 Å². The highest BCUT2D eigenvalue weighted by Gasteiger charge is 2.26. The number of anilines is 1. The Labute approximate surface area is 147 Å². The number of imidazole rings is 1. The lowest BCUT2D eigenvalue weighted by atomic mass is 9.73. The van der Waals surface area contributed by atoms with Crippen LogP contribution in [-0.2, 0) is 0 Å². The van der Waals surface area contributed by atoms with E-state index >= 15 is 0 Å². The van der Waals surface area contributed by atoms with Gasteiger partial charge in [0.1, 0.15) is 6.07 Å². The summed E-state index contributed by atoms with van der Waals surface area (Å²) < 4.78 is 0. The Hall–Kier alpha value is -2.87. The third kappa shape index (κ3) is 3.63. The smallest absolute Gasteiger partial charge is 0.291 e. The molecule has 25 heavy (non-hydrogen) atoms. The van der Waals surface area contributed by atoms with Crippen molar-refractivity contribution in [3.05, 3.63) is 53.6 Å². The van der Waals surface area contributed by atoms with E-state index in [4.69, 9.17) is 5.26 Å². The monoisotopic (exact) mass is 334 g/mol. The highest BCUT2D eigenvalue weighted by Crippen LogP contribution is 2.42. The van der Waals surface area contributed by atoms with Gasteiger partial charge in [-0.15, -0.1) is 0 Å². The molecule has 2 aromatic rings. The van der Waals surface area contributed by atoms with Crippen LogP contribution >= 0.6 is 0 Å². The van der Waals surface area contributed by atoms with Crippen LogP contribution in [-0.4, -0.2) is 15.9 Å². The van der Waals surface area contributed by atoms with Gasteiger partial charge in [-0.05, 0) is 36.3 Å². The van der Waals surface area contributed by atoms with Crippen LogP contribution in [0.4, 0.5) is 5.69 Å². The van der Waals surface area contributed by atoms with E-state index in [1.54, 1.807) is 0 Å². The van der Waals surface area contributed by atoms with Crippen LogP contribution in [0.2, 0.25) is 0 Å². The fourth-order valence-electron chi connectivity index (χ4n) is 3.12. The Bertz CT molecular complexity index is 859. The van der Waals surface area contributed by atoms with E-state index in [1.807, 2.05) is 30.3 Å². The minimum atomic E-state index is -0.344. The molecule has 3 rings (SSSR count). The number of nitrogens with zero attached hydrogens (tertiary/aromatic N) is 2. The summed E-state index contributed by atoms with van der Waals surface area (Å²) in [6, 6.07) is 9.74. The van der Waals surface area contributed by atoms with Gasteiger partial charge in [-0.25, -0.2) is 4.98 Å². The Kier molecular flexibility index (Phi) is 4.71. The second-order valence-corrected chi connectivity index (χ2v) is 6.84.